The van der Waals surface area contributed by atoms with E-state index in [0.717, 1.165) is 0 Å². The highest BCUT2D eigenvalue weighted by Gasteiger charge is 2.20. The van der Waals surface area contributed by atoms with Gasteiger partial charge < -0.3 is 30.7 Å². The molecule has 0 aliphatic heterocycles. The first kappa shape index (κ1) is 22.4. The molecule has 0 heterocycles. The monoisotopic (exact) mass is 400 g/mol. The largest absolute Gasteiger partial charge is 0.491 e. The molecule has 0 fully saturated rings. The topological polar surface area (TPSA) is 114 Å². The lowest BCUT2D eigenvalue weighted by Gasteiger charge is -2.22. The van der Waals surface area contributed by atoms with Crippen LogP contribution in [0.15, 0.2) is 60.7 Å². The van der Waals surface area contributed by atoms with Gasteiger partial charge in [-0.2, -0.15) is 0 Å². The fourth-order valence-corrected chi connectivity index (χ4v) is 2.81. The van der Waals surface area contributed by atoms with Crippen LogP contribution in [0, 0.1) is 0 Å². The van der Waals surface area contributed by atoms with Crippen molar-refractivity contribution in [2.45, 2.75) is 25.0 Å². The van der Waals surface area contributed by atoms with Crippen molar-refractivity contribution in [3.63, 3.8) is 0 Å². The van der Waals surface area contributed by atoms with Crippen LogP contribution in [-0.2, 0) is 9.53 Å². The molecule has 156 valence electrons. The number of anilines is 2. The minimum atomic E-state index is -0.843. The zero-order valence-electron chi connectivity index (χ0n) is 16.5. The number of benzene rings is 2. The number of hydrogen-bond donors (Lipinski definition) is 4. The predicted molar refractivity (Wildman–Crippen MR) is 113 cm³/mol. The normalized spacial score (nSPS) is 13.2. The molecule has 2 aromatic carbocycles. The second kappa shape index (κ2) is 11.9. The van der Waals surface area contributed by atoms with Gasteiger partial charge in [0.15, 0.2) is 0 Å². The standard InChI is InChI=1S/C22H28N2O5/c1-28-20(22(27)16-7-6-8-17(15-16)29-14-13-25)11-4-5-12-21(26)24-19-10-3-2-9-18(19)23/h2-3,5-10,12,15,20,22,25,27H,4,11,13-14,23H2,1H3,(H,24,26)/b12-5+/t20-,22-/m1/s1. The van der Waals surface area contributed by atoms with E-state index in [4.69, 9.17) is 20.3 Å². The lowest BCUT2D eigenvalue weighted by Crippen LogP contribution is -2.21. The summed E-state index contributed by atoms with van der Waals surface area (Å²) in [5.41, 5.74) is 7.53. The molecule has 0 aliphatic rings. The summed E-state index contributed by atoms with van der Waals surface area (Å²) in [6.45, 7) is 0.110. The minimum Gasteiger partial charge on any atom is -0.491 e. The quantitative estimate of drug-likeness (QED) is 0.341. The molecule has 5 N–H and O–H groups in total. The Morgan fingerprint density at radius 3 is 2.76 bits per heavy atom. The third kappa shape index (κ3) is 7.23. The van der Waals surface area contributed by atoms with Gasteiger partial charge in [0, 0.05) is 7.11 Å². The summed E-state index contributed by atoms with van der Waals surface area (Å²) in [6.07, 6.45) is 2.96. The summed E-state index contributed by atoms with van der Waals surface area (Å²) in [5, 5.41) is 22.2. The van der Waals surface area contributed by atoms with Gasteiger partial charge in [0.25, 0.3) is 0 Å². The molecule has 2 atom stereocenters. The molecule has 0 bridgehead atoms. The number of ether oxygens (including phenoxy) is 2. The van der Waals surface area contributed by atoms with Crippen molar-refractivity contribution < 1.29 is 24.5 Å². The summed E-state index contributed by atoms with van der Waals surface area (Å²) < 4.78 is 10.8. The molecular formula is C22H28N2O5. The SMILES string of the molecule is CO[C@H](CC/C=C/C(=O)Nc1ccccc1N)[C@H](O)c1cccc(OCCO)c1. The number of carbonyl (C=O) groups excluding carboxylic acids is 1. The van der Waals surface area contributed by atoms with Crippen LogP contribution in [-0.4, -0.2) is 42.5 Å². The van der Waals surface area contributed by atoms with Crippen LogP contribution in [0.25, 0.3) is 0 Å². The maximum Gasteiger partial charge on any atom is 0.248 e. The number of nitrogens with one attached hydrogen (secondary N) is 1. The second-order valence-corrected chi connectivity index (χ2v) is 6.42. The van der Waals surface area contributed by atoms with E-state index in [9.17, 15) is 9.90 Å². The van der Waals surface area contributed by atoms with Gasteiger partial charge >= 0.3 is 0 Å². The van der Waals surface area contributed by atoms with Gasteiger partial charge in [-0.25, -0.2) is 0 Å². The molecule has 7 nitrogen and oxygen atoms in total. The van der Waals surface area contributed by atoms with E-state index in [1.54, 1.807) is 54.6 Å². The molecule has 0 unspecified atom stereocenters. The molecule has 0 saturated carbocycles. The summed E-state index contributed by atoms with van der Waals surface area (Å²) >= 11 is 0. The van der Waals surface area contributed by atoms with Crippen molar-refractivity contribution in [2.75, 3.05) is 31.4 Å². The summed E-state index contributed by atoms with van der Waals surface area (Å²) in [6, 6.07) is 14.1. The number of nitrogen functional groups attached to an aromatic ring is 1. The van der Waals surface area contributed by atoms with Gasteiger partial charge in [-0.15, -0.1) is 0 Å². The highest BCUT2D eigenvalue weighted by Crippen LogP contribution is 2.25. The third-order valence-corrected chi connectivity index (χ3v) is 4.32. The maximum absolute atomic E-state index is 12.0. The van der Waals surface area contributed by atoms with Crippen molar-refractivity contribution in [1.29, 1.82) is 0 Å². The Labute approximate surface area is 170 Å². The van der Waals surface area contributed by atoms with Crippen LogP contribution in [0.3, 0.4) is 0 Å². The number of aliphatic hydroxyl groups excluding tert-OH is 2. The lowest BCUT2D eigenvalue weighted by atomic mass is 10.0. The number of aliphatic hydroxyl groups is 2. The number of methoxy groups -OCH3 is 1. The molecule has 0 radical (unpaired) electrons. The van der Waals surface area contributed by atoms with Crippen LogP contribution in [0.5, 0.6) is 5.75 Å². The summed E-state index contributed by atoms with van der Waals surface area (Å²) in [4.78, 5) is 12.0. The Kier molecular flexibility index (Phi) is 9.17. The van der Waals surface area contributed by atoms with Crippen LogP contribution in [0.1, 0.15) is 24.5 Å². The smallest absolute Gasteiger partial charge is 0.248 e. The van der Waals surface area contributed by atoms with Gasteiger partial charge in [0.1, 0.15) is 18.5 Å². The van der Waals surface area contributed by atoms with Crippen molar-refractivity contribution in [3.8, 4) is 5.75 Å². The molecule has 0 saturated heterocycles. The van der Waals surface area contributed by atoms with Gasteiger partial charge in [-0.3, -0.25) is 4.79 Å². The Morgan fingerprint density at radius 1 is 1.24 bits per heavy atom. The molecule has 0 spiro atoms. The third-order valence-electron chi connectivity index (χ3n) is 4.32. The number of para-hydroxylation sites is 2. The summed E-state index contributed by atoms with van der Waals surface area (Å²) in [5.74, 6) is 0.299. The van der Waals surface area contributed by atoms with E-state index in [-0.39, 0.29) is 19.1 Å². The van der Waals surface area contributed by atoms with Crippen LogP contribution < -0.4 is 15.8 Å². The number of nitrogens with two attached hydrogens (primary N) is 1. The molecule has 2 rings (SSSR count). The van der Waals surface area contributed by atoms with Crippen molar-refractivity contribution in [1.82, 2.24) is 0 Å². The van der Waals surface area contributed by atoms with Gasteiger partial charge in [0.2, 0.25) is 5.91 Å². The Balaban J connectivity index is 1.87. The van der Waals surface area contributed by atoms with Crippen LogP contribution >= 0.6 is 0 Å². The van der Waals surface area contributed by atoms with Crippen molar-refractivity contribution in [2.24, 2.45) is 0 Å². The first-order chi connectivity index (χ1) is 14.0. The molecule has 2 aromatic rings. The maximum atomic E-state index is 12.0. The van der Waals surface area contributed by atoms with Crippen LogP contribution in [0.4, 0.5) is 11.4 Å². The number of carbonyl (C=O) groups is 1. The fourth-order valence-electron chi connectivity index (χ4n) is 2.81. The van der Waals surface area contributed by atoms with E-state index in [1.807, 2.05) is 0 Å². The highest BCUT2D eigenvalue weighted by molar-refractivity contribution is 6.01. The summed E-state index contributed by atoms with van der Waals surface area (Å²) in [7, 11) is 1.54. The predicted octanol–water partition coefficient (Wildman–Crippen LogP) is 2.66. The average Bonchev–Trinajstić information content (AvgIpc) is 2.74. The Morgan fingerprint density at radius 2 is 2.03 bits per heavy atom. The lowest BCUT2D eigenvalue weighted by molar-refractivity contribution is -0.111. The van der Waals surface area contributed by atoms with Crippen LogP contribution in [0.2, 0.25) is 0 Å². The van der Waals surface area contributed by atoms with Crippen molar-refractivity contribution >= 4 is 17.3 Å². The van der Waals surface area contributed by atoms with Crippen molar-refractivity contribution in [3.05, 3.63) is 66.2 Å². The Bertz CT molecular complexity index is 809. The number of amides is 1. The molecule has 0 aromatic heterocycles. The molecular weight excluding hydrogens is 372 g/mol. The molecule has 1 amide bonds. The zero-order chi connectivity index (χ0) is 21.1. The number of allylic oxidation sites excluding steroid dienone is 1. The van der Waals surface area contributed by atoms with Gasteiger partial charge in [-0.05, 0) is 48.7 Å². The van der Waals surface area contributed by atoms with E-state index < -0.39 is 12.2 Å². The van der Waals surface area contributed by atoms with E-state index in [2.05, 4.69) is 5.32 Å². The number of rotatable bonds is 11. The number of hydrogen-bond acceptors (Lipinski definition) is 6. The van der Waals surface area contributed by atoms with Gasteiger partial charge in [0.05, 0.1) is 24.1 Å². The van der Waals surface area contributed by atoms with E-state index >= 15 is 0 Å². The first-order valence-electron chi connectivity index (χ1n) is 9.41. The highest BCUT2D eigenvalue weighted by atomic mass is 16.5. The first-order valence-corrected chi connectivity index (χ1v) is 9.41. The molecule has 0 aliphatic carbocycles. The van der Waals surface area contributed by atoms with Gasteiger partial charge in [-0.1, -0.05) is 30.3 Å². The zero-order valence-corrected chi connectivity index (χ0v) is 16.5. The Hall–Kier alpha value is -2.87. The molecule has 29 heavy (non-hydrogen) atoms. The van der Waals surface area contributed by atoms with E-state index in [1.165, 1.54) is 13.2 Å². The van der Waals surface area contributed by atoms with E-state index in [0.29, 0.717) is 35.5 Å². The average molecular weight is 400 g/mol. The molecule has 7 heteroatoms. The minimum absolute atomic E-state index is 0.0791. The fraction of sp³-hybridized carbons (Fsp3) is 0.318. The second-order valence-electron chi connectivity index (χ2n) is 6.42.